The maximum atomic E-state index is 12.4. The van der Waals surface area contributed by atoms with Crippen LogP contribution in [0.5, 0.6) is 0 Å². The lowest BCUT2D eigenvalue weighted by molar-refractivity contribution is 0.234. The van der Waals surface area contributed by atoms with Gasteiger partial charge in [0.15, 0.2) is 0 Å². The summed E-state index contributed by atoms with van der Waals surface area (Å²) < 4.78 is 2.31. The van der Waals surface area contributed by atoms with E-state index in [-0.39, 0.29) is 11.6 Å². The van der Waals surface area contributed by atoms with Crippen LogP contribution in [0.25, 0.3) is 10.9 Å². The number of aromatic amines is 1. The fourth-order valence-electron chi connectivity index (χ4n) is 3.93. The van der Waals surface area contributed by atoms with E-state index in [1.54, 1.807) is 0 Å². The molecule has 0 amide bonds. The molecule has 2 aromatic heterocycles. The van der Waals surface area contributed by atoms with Crippen LogP contribution in [0.3, 0.4) is 0 Å². The summed E-state index contributed by atoms with van der Waals surface area (Å²) in [4.78, 5) is 26.9. The summed E-state index contributed by atoms with van der Waals surface area (Å²) in [6, 6.07) is 8.34. The van der Waals surface area contributed by atoms with E-state index in [4.69, 9.17) is 4.98 Å². The van der Waals surface area contributed by atoms with Crippen molar-refractivity contribution in [3.8, 4) is 0 Å². The maximum Gasteiger partial charge on any atom is 0.258 e. The molecule has 1 aromatic carbocycles. The van der Waals surface area contributed by atoms with Gasteiger partial charge in [0, 0.05) is 18.8 Å². The van der Waals surface area contributed by atoms with Crippen LogP contribution in [-0.4, -0.2) is 31.0 Å². The highest BCUT2D eigenvalue weighted by Crippen LogP contribution is 2.37. The van der Waals surface area contributed by atoms with E-state index < -0.39 is 0 Å². The Balaban J connectivity index is 1.46. The molecule has 1 saturated heterocycles. The van der Waals surface area contributed by atoms with Crippen LogP contribution in [0.1, 0.15) is 49.3 Å². The van der Waals surface area contributed by atoms with Gasteiger partial charge in [0.25, 0.3) is 5.56 Å². The van der Waals surface area contributed by atoms with Gasteiger partial charge in [0.05, 0.1) is 29.0 Å². The summed E-state index contributed by atoms with van der Waals surface area (Å²) in [5.74, 6) is 0.790. The quantitative estimate of drug-likeness (QED) is 0.796. The first-order valence-electron chi connectivity index (χ1n) is 9.03. The summed E-state index contributed by atoms with van der Waals surface area (Å²) >= 11 is 0. The van der Waals surface area contributed by atoms with E-state index in [1.165, 1.54) is 18.5 Å². The van der Waals surface area contributed by atoms with E-state index in [0.717, 1.165) is 37.3 Å². The fraction of sp³-hybridized carbons (Fsp3) is 0.421. The fourth-order valence-corrected chi connectivity index (χ4v) is 3.93. The van der Waals surface area contributed by atoms with E-state index in [2.05, 4.69) is 19.4 Å². The summed E-state index contributed by atoms with van der Waals surface area (Å²) in [7, 11) is 0. The Morgan fingerprint density at radius 1 is 1.20 bits per heavy atom. The zero-order chi connectivity index (χ0) is 16.8. The molecule has 6 heteroatoms. The van der Waals surface area contributed by atoms with Gasteiger partial charge in [-0.15, -0.1) is 0 Å². The van der Waals surface area contributed by atoms with Crippen molar-refractivity contribution in [3.63, 3.8) is 0 Å². The summed E-state index contributed by atoms with van der Waals surface area (Å²) in [5.41, 5.74) is 1.99. The Morgan fingerprint density at radius 3 is 2.96 bits per heavy atom. The Labute approximate surface area is 145 Å². The molecule has 1 unspecified atom stereocenters. The molecule has 0 radical (unpaired) electrons. The molecule has 25 heavy (non-hydrogen) atoms. The minimum atomic E-state index is -0.0459. The third kappa shape index (κ3) is 2.66. The Kier molecular flexibility index (Phi) is 3.45. The van der Waals surface area contributed by atoms with Crippen molar-refractivity contribution >= 4 is 10.9 Å². The number of aromatic nitrogens is 4. The van der Waals surface area contributed by atoms with Gasteiger partial charge in [-0.1, -0.05) is 12.1 Å². The van der Waals surface area contributed by atoms with Crippen LogP contribution in [0.4, 0.5) is 0 Å². The Hall–Kier alpha value is -2.47. The van der Waals surface area contributed by atoms with Gasteiger partial charge in [-0.2, -0.15) is 0 Å². The van der Waals surface area contributed by atoms with Gasteiger partial charge in [-0.3, -0.25) is 9.69 Å². The van der Waals surface area contributed by atoms with E-state index in [9.17, 15) is 4.79 Å². The molecule has 0 bridgehead atoms. The first-order chi connectivity index (χ1) is 12.3. The topological polar surface area (TPSA) is 66.8 Å². The van der Waals surface area contributed by atoms with Gasteiger partial charge >= 0.3 is 0 Å². The average molecular weight is 335 g/mol. The number of para-hydroxylation sites is 1. The average Bonchev–Trinajstić information content (AvgIpc) is 3.18. The number of imidazole rings is 1. The number of hydrogen-bond donors (Lipinski definition) is 1. The molecule has 2 fully saturated rings. The molecule has 128 valence electrons. The van der Waals surface area contributed by atoms with Crippen molar-refractivity contribution in [1.29, 1.82) is 0 Å². The Morgan fingerprint density at radius 2 is 2.08 bits per heavy atom. The van der Waals surface area contributed by atoms with Gasteiger partial charge in [0.2, 0.25) is 0 Å². The monoisotopic (exact) mass is 335 g/mol. The number of nitrogens with zero attached hydrogens (tertiary/aromatic N) is 4. The molecular formula is C19H21N5O. The highest BCUT2D eigenvalue weighted by atomic mass is 16.1. The molecule has 1 saturated carbocycles. The number of hydrogen-bond acceptors (Lipinski definition) is 4. The zero-order valence-corrected chi connectivity index (χ0v) is 14.1. The predicted octanol–water partition coefficient (Wildman–Crippen LogP) is 2.79. The van der Waals surface area contributed by atoms with Crippen molar-refractivity contribution in [3.05, 3.63) is 58.7 Å². The second-order valence-corrected chi connectivity index (χ2v) is 7.12. The van der Waals surface area contributed by atoms with Crippen molar-refractivity contribution < 1.29 is 0 Å². The molecule has 3 aromatic rings. The molecule has 1 aliphatic heterocycles. The number of rotatable bonds is 4. The first-order valence-corrected chi connectivity index (χ1v) is 9.03. The number of benzene rings is 1. The largest absolute Gasteiger partial charge is 0.330 e. The zero-order valence-electron chi connectivity index (χ0n) is 14.1. The minimum Gasteiger partial charge on any atom is -0.330 e. The van der Waals surface area contributed by atoms with Gasteiger partial charge < -0.3 is 9.55 Å². The van der Waals surface area contributed by atoms with Crippen molar-refractivity contribution in [2.24, 2.45) is 0 Å². The highest BCUT2D eigenvalue weighted by molar-refractivity contribution is 5.77. The maximum absolute atomic E-state index is 12.4. The molecule has 2 aliphatic rings. The number of nitrogens with one attached hydrogen (secondary N) is 1. The van der Waals surface area contributed by atoms with Gasteiger partial charge in [-0.05, 0) is 44.4 Å². The molecule has 5 rings (SSSR count). The Bertz CT molecular complexity index is 971. The van der Waals surface area contributed by atoms with E-state index >= 15 is 0 Å². The molecule has 0 spiro atoms. The van der Waals surface area contributed by atoms with Gasteiger partial charge in [-0.25, -0.2) is 9.97 Å². The van der Waals surface area contributed by atoms with Crippen molar-refractivity contribution in [2.75, 3.05) is 6.54 Å². The van der Waals surface area contributed by atoms with Crippen LogP contribution >= 0.6 is 0 Å². The number of H-pyrrole nitrogens is 1. The van der Waals surface area contributed by atoms with Crippen LogP contribution in [0.2, 0.25) is 0 Å². The third-order valence-corrected chi connectivity index (χ3v) is 5.36. The highest BCUT2D eigenvalue weighted by Gasteiger charge is 2.31. The summed E-state index contributed by atoms with van der Waals surface area (Å²) in [6.07, 6.45) is 8.59. The SMILES string of the molecule is O=c1[nH]c(C2CCCN2Cc2cncn2C2CC2)nc2ccccc12. The second kappa shape index (κ2) is 5.81. The molecule has 1 atom stereocenters. The number of fused-ring (bicyclic) bond motifs is 1. The van der Waals surface area contributed by atoms with Crippen LogP contribution < -0.4 is 5.56 Å². The molecule has 1 N–H and O–H groups in total. The predicted molar refractivity (Wildman–Crippen MR) is 95.2 cm³/mol. The smallest absolute Gasteiger partial charge is 0.258 e. The minimum absolute atomic E-state index is 0.0459. The standard InChI is InChI=1S/C19H21N5O/c25-19-15-4-1-2-5-16(15)21-18(22-19)17-6-3-9-23(17)11-14-10-20-12-24(14)13-7-8-13/h1-2,4-5,10,12-13,17H,3,6-9,11H2,(H,21,22,25). The van der Waals surface area contributed by atoms with Crippen LogP contribution in [-0.2, 0) is 6.54 Å². The first kappa shape index (κ1) is 14.8. The molecule has 1 aliphatic carbocycles. The van der Waals surface area contributed by atoms with Crippen LogP contribution in [0, 0.1) is 0 Å². The lowest BCUT2D eigenvalue weighted by Crippen LogP contribution is -2.27. The lowest BCUT2D eigenvalue weighted by atomic mass is 10.2. The third-order valence-electron chi connectivity index (χ3n) is 5.36. The number of likely N-dealkylation sites (tertiary alicyclic amines) is 1. The molecule has 3 heterocycles. The van der Waals surface area contributed by atoms with E-state index in [1.807, 2.05) is 36.8 Å². The van der Waals surface area contributed by atoms with Gasteiger partial charge in [0.1, 0.15) is 5.82 Å². The second-order valence-electron chi connectivity index (χ2n) is 7.12. The molecular weight excluding hydrogens is 314 g/mol. The van der Waals surface area contributed by atoms with Crippen LogP contribution in [0.15, 0.2) is 41.6 Å². The van der Waals surface area contributed by atoms with E-state index in [0.29, 0.717) is 11.4 Å². The van der Waals surface area contributed by atoms with Crippen molar-refractivity contribution in [2.45, 2.75) is 44.3 Å². The van der Waals surface area contributed by atoms with Crippen molar-refractivity contribution in [1.82, 2.24) is 24.4 Å². The lowest BCUT2D eigenvalue weighted by Gasteiger charge is -2.24. The molecule has 6 nitrogen and oxygen atoms in total. The normalized spacial score (nSPS) is 21.2. The summed E-state index contributed by atoms with van der Waals surface area (Å²) in [5, 5.41) is 0.655. The summed E-state index contributed by atoms with van der Waals surface area (Å²) in [6.45, 7) is 1.88.